The van der Waals surface area contributed by atoms with Crippen LogP contribution in [0.4, 0.5) is 0 Å². The second-order valence-corrected chi connectivity index (χ2v) is 5.55. The van der Waals surface area contributed by atoms with E-state index in [1.807, 2.05) is 0 Å². The van der Waals surface area contributed by atoms with Crippen molar-refractivity contribution in [3.05, 3.63) is 31.5 Å². The zero-order valence-electron chi connectivity index (χ0n) is 11.3. The van der Waals surface area contributed by atoms with E-state index in [1.54, 1.807) is 0 Å². The third-order valence-corrected chi connectivity index (χ3v) is 3.75. The molecule has 9 heteroatoms. The molecule has 9 nitrogen and oxygen atoms in total. The SMILES string of the molecule is O=c1n(CC2CO2)c(=O)n(C[C@@H]2CO2)c(=O)n1C[C@@H]1CO1. The van der Waals surface area contributed by atoms with Crippen LogP contribution in [-0.4, -0.2) is 51.8 Å². The molecule has 0 aliphatic carbocycles. The Kier molecular flexibility index (Phi) is 2.88. The van der Waals surface area contributed by atoms with Gasteiger partial charge in [0, 0.05) is 0 Å². The Bertz CT molecular complexity index is 605. The van der Waals surface area contributed by atoms with Crippen molar-refractivity contribution in [3.8, 4) is 0 Å². The second-order valence-electron chi connectivity index (χ2n) is 5.55. The second kappa shape index (κ2) is 4.65. The van der Waals surface area contributed by atoms with Gasteiger partial charge in [-0.25, -0.2) is 28.1 Å². The lowest BCUT2D eigenvalue weighted by Gasteiger charge is -2.12. The van der Waals surface area contributed by atoms with Crippen molar-refractivity contribution >= 4 is 0 Å². The van der Waals surface area contributed by atoms with E-state index in [4.69, 9.17) is 14.2 Å². The molecule has 0 saturated carbocycles. The summed E-state index contributed by atoms with van der Waals surface area (Å²) in [7, 11) is 0. The van der Waals surface area contributed by atoms with Gasteiger partial charge in [0.2, 0.25) is 0 Å². The van der Waals surface area contributed by atoms with Gasteiger partial charge in [0.25, 0.3) is 0 Å². The Morgan fingerprint density at radius 1 is 0.667 bits per heavy atom. The van der Waals surface area contributed by atoms with Gasteiger partial charge in [-0.2, -0.15) is 0 Å². The number of hydrogen-bond donors (Lipinski definition) is 0. The quantitative estimate of drug-likeness (QED) is 0.532. The van der Waals surface area contributed by atoms with Gasteiger partial charge in [0.1, 0.15) is 0 Å². The third kappa shape index (κ3) is 2.59. The molecule has 3 aliphatic heterocycles. The lowest BCUT2D eigenvalue weighted by Crippen LogP contribution is -2.55. The molecule has 3 fully saturated rings. The molecular formula is C12H15N3O6. The number of hydrogen-bond acceptors (Lipinski definition) is 6. The highest BCUT2D eigenvalue weighted by molar-refractivity contribution is 4.86. The molecule has 114 valence electrons. The molecule has 3 atom stereocenters. The van der Waals surface area contributed by atoms with E-state index in [0.29, 0.717) is 19.8 Å². The van der Waals surface area contributed by atoms with E-state index >= 15 is 0 Å². The molecule has 0 amide bonds. The Balaban J connectivity index is 1.81. The number of nitrogens with zero attached hydrogens (tertiary/aromatic N) is 3. The summed E-state index contributed by atoms with van der Waals surface area (Å²) in [6, 6.07) is 0. The van der Waals surface area contributed by atoms with Gasteiger partial charge >= 0.3 is 17.1 Å². The molecule has 0 spiro atoms. The van der Waals surface area contributed by atoms with Crippen LogP contribution >= 0.6 is 0 Å². The lowest BCUT2D eigenvalue weighted by atomic mass is 10.4. The first kappa shape index (κ1) is 13.0. The zero-order chi connectivity index (χ0) is 14.6. The molecule has 1 aromatic rings. The van der Waals surface area contributed by atoms with Crippen molar-refractivity contribution in [3.63, 3.8) is 0 Å². The summed E-state index contributed by atoms with van der Waals surface area (Å²) in [4.78, 5) is 37.1. The van der Waals surface area contributed by atoms with E-state index in [0.717, 1.165) is 13.7 Å². The fraction of sp³-hybridized carbons (Fsp3) is 0.750. The molecule has 0 bridgehead atoms. The molecule has 4 rings (SSSR count). The molecule has 1 unspecified atom stereocenters. The number of ether oxygens (including phenoxy) is 3. The topological polar surface area (TPSA) is 104 Å². The average molecular weight is 297 g/mol. The van der Waals surface area contributed by atoms with Crippen LogP contribution in [0.25, 0.3) is 0 Å². The molecule has 1 aromatic heterocycles. The van der Waals surface area contributed by atoms with Crippen molar-refractivity contribution in [2.24, 2.45) is 0 Å². The van der Waals surface area contributed by atoms with E-state index in [2.05, 4.69) is 0 Å². The number of rotatable bonds is 6. The fourth-order valence-electron chi connectivity index (χ4n) is 2.28. The van der Waals surface area contributed by atoms with E-state index in [-0.39, 0.29) is 37.9 Å². The predicted octanol–water partition coefficient (Wildman–Crippen LogP) is -2.63. The third-order valence-electron chi connectivity index (χ3n) is 3.75. The molecule has 21 heavy (non-hydrogen) atoms. The van der Waals surface area contributed by atoms with Gasteiger partial charge in [-0.15, -0.1) is 0 Å². The van der Waals surface area contributed by atoms with Crippen LogP contribution in [0.3, 0.4) is 0 Å². The minimum atomic E-state index is -0.594. The largest absolute Gasteiger partial charge is 0.371 e. The zero-order valence-corrected chi connectivity index (χ0v) is 11.3. The minimum Gasteiger partial charge on any atom is -0.371 e. The first-order valence-corrected chi connectivity index (χ1v) is 6.93. The van der Waals surface area contributed by atoms with Gasteiger partial charge in [-0.1, -0.05) is 0 Å². The first-order chi connectivity index (χ1) is 10.1. The summed E-state index contributed by atoms with van der Waals surface area (Å²) in [6.45, 7) is 2.12. The molecule has 4 heterocycles. The summed E-state index contributed by atoms with van der Waals surface area (Å²) >= 11 is 0. The summed E-state index contributed by atoms with van der Waals surface area (Å²) in [6.07, 6.45) is -0.363. The molecule has 0 radical (unpaired) electrons. The minimum absolute atomic E-state index is 0.121. The molecular weight excluding hydrogens is 282 g/mol. The van der Waals surface area contributed by atoms with Crippen molar-refractivity contribution in [2.45, 2.75) is 37.9 Å². The Morgan fingerprint density at radius 2 is 0.905 bits per heavy atom. The summed E-state index contributed by atoms with van der Waals surface area (Å²) < 4.78 is 18.4. The summed E-state index contributed by atoms with van der Waals surface area (Å²) in [5, 5.41) is 0. The van der Waals surface area contributed by atoms with E-state index in [1.165, 1.54) is 0 Å². The molecule has 0 N–H and O–H groups in total. The Morgan fingerprint density at radius 3 is 1.10 bits per heavy atom. The average Bonchev–Trinajstić information content (AvgIpc) is 3.31. The monoisotopic (exact) mass is 297 g/mol. The Labute approximate surface area is 118 Å². The smallest absolute Gasteiger partial charge is 0.336 e. The van der Waals surface area contributed by atoms with Crippen molar-refractivity contribution in [2.75, 3.05) is 19.8 Å². The van der Waals surface area contributed by atoms with Gasteiger partial charge in [0.05, 0.1) is 57.8 Å². The predicted molar refractivity (Wildman–Crippen MR) is 68.4 cm³/mol. The number of epoxide rings is 3. The number of aromatic nitrogens is 3. The van der Waals surface area contributed by atoms with Crippen molar-refractivity contribution in [1.29, 1.82) is 0 Å². The van der Waals surface area contributed by atoms with E-state index in [9.17, 15) is 14.4 Å². The maximum Gasteiger partial charge on any atom is 0.336 e. The molecule has 0 aromatic carbocycles. The van der Waals surface area contributed by atoms with Gasteiger partial charge in [-0.05, 0) is 0 Å². The van der Waals surface area contributed by atoms with Gasteiger partial charge in [-0.3, -0.25) is 0 Å². The van der Waals surface area contributed by atoms with Gasteiger partial charge in [0.15, 0.2) is 0 Å². The van der Waals surface area contributed by atoms with Crippen LogP contribution < -0.4 is 17.1 Å². The van der Waals surface area contributed by atoms with E-state index < -0.39 is 17.1 Å². The molecule has 3 aliphatic rings. The fourth-order valence-corrected chi connectivity index (χ4v) is 2.28. The van der Waals surface area contributed by atoms with Crippen molar-refractivity contribution < 1.29 is 14.2 Å². The normalized spacial score (nSPS) is 29.4. The summed E-state index contributed by atoms with van der Waals surface area (Å²) in [5.74, 6) is 0. The highest BCUT2D eigenvalue weighted by atomic mass is 16.6. The van der Waals surface area contributed by atoms with Crippen LogP contribution in [-0.2, 0) is 33.8 Å². The standard InChI is InChI=1S/C12H15N3O6/c16-10-13(1-7-4-19-7)11(17)15(3-9-6-21-9)12(18)14(10)2-8-5-20-8/h7-9H,1-6H2/t7-,8-,9?/m1/s1. The summed E-state index contributed by atoms with van der Waals surface area (Å²) in [5.41, 5.74) is -1.78. The van der Waals surface area contributed by atoms with Crippen LogP contribution in [0.5, 0.6) is 0 Å². The first-order valence-electron chi connectivity index (χ1n) is 6.93. The maximum absolute atomic E-state index is 12.4. The van der Waals surface area contributed by atoms with Crippen LogP contribution in [0.15, 0.2) is 14.4 Å². The van der Waals surface area contributed by atoms with Crippen LogP contribution in [0.1, 0.15) is 0 Å². The highest BCUT2D eigenvalue weighted by Crippen LogP contribution is 2.12. The van der Waals surface area contributed by atoms with Crippen LogP contribution in [0.2, 0.25) is 0 Å². The van der Waals surface area contributed by atoms with Crippen LogP contribution in [0, 0.1) is 0 Å². The van der Waals surface area contributed by atoms with Gasteiger partial charge < -0.3 is 14.2 Å². The highest BCUT2D eigenvalue weighted by Gasteiger charge is 2.31. The molecule has 3 saturated heterocycles. The Hall–Kier alpha value is -1.71. The van der Waals surface area contributed by atoms with Crippen molar-refractivity contribution in [1.82, 2.24) is 13.7 Å². The lowest BCUT2D eigenvalue weighted by molar-refractivity contribution is 0.327. The maximum atomic E-state index is 12.4.